The lowest BCUT2D eigenvalue weighted by atomic mass is 10.1. The van der Waals surface area contributed by atoms with Crippen LogP contribution in [-0.2, 0) is 0 Å². The van der Waals surface area contributed by atoms with Crippen molar-refractivity contribution in [2.75, 3.05) is 4.90 Å². The SMILES string of the molecule is Cc1ccc(N(c2cccc(Oc3cc(C)ccc3O)c2)c2ccc(C)cc2O)c(O)c1. The molecule has 0 aliphatic carbocycles. The molecule has 0 bridgehead atoms. The lowest BCUT2D eigenvalue weighted by molar-refractivity contribution is 0.411. The Kier molecular flexibility index (Phi) is 5.65. The Morgan fingerprint density at radius 3 is 1.75 bits per heavy atom. The van der Waals surface area contributed by atoms with Crippen LogP contribution in [0.1, 0.15) is 16.7 Å². The van der Waals surface area contributed by atoms with Crippen molar-refractivity contribution in [3.63, 3.8) is 0 Å². The fourth-order valence-corrected chi connectivity index (χ4v) is 3.57. The smallest absolute Gasteiger partial charge is 0.169 e. The molecule has 0 saturated carbocycles. The van der Waals surface area contributed by atoms with Gasteiger partial charge in [-0.1, -0.05) is 24.3 Å². The van der Waals surface area contributed by atoms with E-state index in [4.69, 9.17) is 4.74 Å². The summed E-state index contributed by atoms with van der Waals surface area (Å²) >= 11 is 0. The highest BCUT2D eigenvalue weighted by molar-refractivity contribution is 5.83. The maximum absolute atomic E-state index is 10.7. The molecule has 0 saturated heterocycles. The highest BCUT2D eigenvalue weighted by atomic mass is 16.5. The van der Waals surface area contributed by atoms with Crippen LogP contribution < -0.4 is 9.64 Å². The van der Waals surface area contributed by atoms with Crippen LogP contribution in [0.4, 0.5) is 17.1 Å². The second-order valence-electron chi connectivity index (χ2n) is 7.89. The lowest BCUT2D eigenvalue weighted by Gasteiger charge is -2.27. The van der Waals surface area contributed by atoms with Gasteiger partial charge in [-0.25, -0.2) is 0 Å². The summed E-state index contributed by atoms with van der Waals surface area (Å²) in [4.78, 5) is 1.77. The van der Waals surface area contributed by atoms with E-state index in [0.717, 1.165) is 16.7 Å². The molecule has 0 aromatic heterocycles. The van der Waals surface area contributed by atoms with Crippen molar-refractivity contribution in [2.24, 2.45) is 0 Å². The number of aryl methyl sites for hydroxylation is 3. The van der Waals surface area contributed by atoms with Crippen LogP contribution in [0.15, 0.2) is 78.9 Å². The minimum atomic E-state index is 0.0465. The number of aromatic hydroxyl groups is 3. The number of phenolic OH excluding ortho intramolecular Hbond substituents is 3. The minimum Gasteiger partial charge on any atom is -0.506 e. The average Bonchev–Trinajstić information content (AvgIpc) is 2.74. The first-order valence-corrected chi connectivity index (χ1v) is 10.3. The third-order valence-electron chi connectivity index (χ3n) is 5.16. The lowest BCUT2D eigenvalue weighted by Crippen LogP contribution is -2.10. The van der Waals surface area contributed by atoms with Crippen LogP contribution in [0.3, 0.4) is 0 Å². The predicted octanol–water partition coefficient (Wildman–Crippen LogP) is 6.99. The highest BCUT2D eigenvalue weighted by Gasteiger charge is 2.20. The molecule has 5 heteroatoms. The Hall–Kier alpha value is -4.12. The Morgan fingerprint density at radius 2 is 1.16 bits per heavy atom. The zero-order chi connectivity index (χ0) is 22.8. The summed E-state index contributed by atoms with van der Waals surface area (Å²) in [7, 11) is 0. The summed E-state index contributed by atoms with van der Waals surface area (Å²) in [5, 5.41) is 31.6. The predicted molar refractivity (Wildman–Crippen MR) is 127 cm³/mol. The second-order valence-corrected chi connectivity index (χ2v) is 7.89. The molecule has 0 aliphatic rings. The summed E-state index contributed by atoms with van der Waals surface area (Å²) in [6, 6.07) is 23.2. The molecule has 4 rings (SSSR count). The Morgan fingerprint density at radius 1 is 0.594 bits per heavy atom. The minimum absolute atomic E-state index is 0.0465. The normalized spacial score (nSPS) is 10.7. The molecule has 0 fully saturated rings. The van der Waals surface area contributed by atoms with Crippen molar-refractivity contribution < 1.29 is 20.1 Å². The van der Waals surface area contributed by atoms with Crippen molar-refractivity contribution in [2.45, 2.75) is 20.8 Å². The van der Waals surface area contributed by atoms with Gasteiger partial charge in [0, 0.05) is 6.07 Å². The van der Waals surface area contributed by atoms with E-state index in [1.165, 1.54) is 0 Å². The van der Waals surface area contributed by atoms with Gasteiger partial charge in [-0.3, -0.25) is 0 Å². The topological polar surface area (TPSA) is 73.2 Å². The molecule has 5 nitrogen and oxygen atoms in total. The summed E-state index contributed by atoms with van der Waals surface area (Å²) < 4.78 is 5.95. The molecular weight excluding hydrogens is 402 g/mol. The molecule has 0 spiro atoms. The van der Waals surface area contributed by atoms with Crippen LogP contribution in [0.2, 0.25) is 0 Å². The third kappa shape index (κ3) is 4.32. The van der Waals surface area contributed by atoms with Gasteiger partial charge in [0.2, 0.25) is 0 Å². The zero-order valence-corrected chi connectivity index (χ0v) is 18.2. The van der Waals surface area contributed by atoms with E-state index in [9.17, 15) is 15.3 Å². The van der Waals surface area contributed by atoms with Gasteiger partial charge in [0.1, 0.15) is 17.2 Å². The van der Waals surface area contributed by atoms with Crippen molar-refractivity contribution >= 4 is 17.1 Å². The molecular formula is C27H25NO4. The van der Waals surface area contributed by atoms with Crippen LogP contribution in [0, 0.1) is 20.8 Å². The van der Waals surface area contributed by atoms with Crippen LogP contribution in [0.5, 0.6) is 28.7 Å². The van der Waals surface area contributed by atoms with Gasteiger partial charge in [-0.05, 0) is 86.0 Å². The van der Waals surface area contributed by atoms with Crippen molar-refractivity contribution in [1.82, 2.24) is 0 Å². The van der Waals surface area contributed by atoms with Gasteiger partial charge in [0.25, 0.3) is 0 Å². The van der Waals surface area contributed by atoms with E-state index in [-0.39, 0.29) is 17.2 Å². The van der Waals surface area contributed by atoms with Gasteiger partial charge in [-0.2, -0.15) is 0 Å². The number of anilines is 3. The van der Waals surface area contributed by atoms with Gasteiger partial charge in [0.05, 0.1) is 17.1 Å². The highest BCUT2D eigenvalue weighted by Crippen LogP contribution is 2.45. The molecule has 3 N–H and O–H groups in total. The fourth-order valence-electron chi connectivity index (χ4n) is 3.57. The molecule has 0 amide bonds. The first-order chi connectivity index (χ1) is 15.3. The quantitative estimate of drug-likeness (QED) is 0.320. The molecule has 0 atom stereocenters. The summed E-state index contributed by atoms with van der Waals surface area (Å²) in [6.45, 7) is 5.73. The molecule has 4 aromatic rings. The number of rotatable bonds is 5. The fraction of sp³-hybridized carbons (Fsp3) is 0.111. The monoisotopic (exact) mass is 427 g/mol. The molecule has 0 aliphatic heterocycles. The number of hydrogen-bond acceptors (Lipinski definition) is 5. The van der Waals surface area contributed by atoms with E-state index < -0.39 is 0 Å². The second kappa shape index (κ2) is 8.55. The standard InChI is InChI=1S/C27H25NO4/c1-17-7-10-22(25(30)13-17)28(23-11-8-18(2)14-26(23)31)20-5-4-6-21(16-20)32-27-15-19(3)9-12-24(27)29/h4-16,29-31H,1-3H3. The molecule has 4 aromatic carbocycles. The van der Waals surface area contributed by atoms with E-state index in [0.29, 0.717) is 28.6 Å². The van der Waals surface area contributed by atoms with Gasteiger partial charge in [0.15, 0.2) is 11.5 Å². The average molecular weight is 428 g/mol. The number of ether oxygens (including phenoxy) is 1. The van der Waals surface area contributed by atoms with Gasteiger partial charge < -0.3 is 25.0 Å². The summed E-state index contributed by atoms with van der Waals surface area (Å²) in [6.07, 6.45) is 0. The number of nitrogens with zero attached hydrogens (tertiary/aromatic N) is 1. The number of phenols is 3. The maximum atomic E-state index is 10.7. The Balaban J connectivity index is 1.83. The number of hydrogen-bond donors (Lipinski definition) is 3. The van der Waals surface area contributed by atoms with E-state index in [1.807, 2.05) is 57.2 Å². The maximum Gasteiger partial charge on any atom is 0.169 e. The first kappa shape index (κ1) is 21.1. The molecule has 0 unspecified atom stereocenters. The van der Waals surface area contributed by atoms with Gasteiger partial charge in [-0.15, -0.1) is 0 Å². The van der Waals surface area contributed by atoms with Crippen molar-refractivity contribution in [3.05, 3.63) is 95.6 Å². The van der Waals surface area contributed by atoms with Gasteiger partial charge >= 0.3 is 0 Å². The molecule has 0 radical (unpaired) electrons. The molecule has 162 valence electrons. The Labute approximate surface area is 187 Å². The van der Waals surface area contributed by atoms with E-state index >= 15 is 0 Å². The molecule has 32 heavy (non-hydrogen) atoms. The first-order valence-electron chi connectivity index (χ1n) is 10.3. The molecule has 0 heterocycles. The number of benzene rings is 4. The third-order valence-corrected chi connectivity index (χ3v) is 5.16. The van der Waals surface area contributed by atoms with Crippen molar-refractivity contribution in [1.29, 1.82) is 0 Å². The Bertz CT molecular complexity index is 1230. The van der Waals surface area contributed by atoms with E-state index in [1.54, 1.807) is 47.4 Å². The van der Waals surface area contributed by atoms with E-state index in [2.05, 4.69) is 0 Å². The largest absolute Gasteiger partial charge is 0.506 e. The zero-order valence-electron chi connectivity index (χ0n) is 18.2. The van der Waals surface area contributed by atoms with Crippen LogP contribution in [-0.4, -0.2) is 15.3 Å². The van der Waals surface area contributed by atoms with Crippen LogP contribution in [0.25, 0.3) is 0 Å². The van der Waals surface area contributed by atoms with Crippen molar-refractivity contribution in [3.8, 4) is 28.7 Å². The summed E-state index contributed by atoms with van der Waals surface area (Å²) in [5.41, 5.74) is 4.52. The summed E-state index contributed by atoms with van der Waals surface area (Å²) in [5.74, 6) is 1.09. The van der Waals surface area contributed by atoms with Crippen LogP contribution >= 0.6 is 0 Å².